The normalized spacial score (nSPS) is 12.0. The molecule has 0 atom stereocenters. The summed E-state index contributed by atoms with van der Waals surface area (Å²) < 4.78 is 47.2. The highest BCUT2D eigenvalue weighted by Crippen LogP contribution is 2.29. The van der Waals surface area contributed by atoms with Crippen molar-refractivity contribution in [2.24, 2.45) is 0 Å². The van der Waals surface area contributed by atoms with Gasteiger partial charge in [-0.3, -0.25) is 0 Å². The smallest absolute Gasteiger partial charge is 0.410 e. The monoisotopic (exact) mass is 514 g/mol. The Hall–Kier alpha value is -2.69. The zero-order chi connectivity index (χ0) is 24.6. The van der Waals surface area contributed by atoms with Gasteiger partial charge in [-0.15, -0.1) is 0 Å². The van der Waals surface area contributed by atoms with E-state index in [0.717, 1.165) is 16.9 Å². The highest BCUT2D eigenvalue weighted by molar-refractivity contribution is 7.91. The predicted molar refractivity (Wildman–Crippen MR) is 121 cm³/mol. The number of halogens is 3. The Morgan fingerprint density at radius 2 is 1.91 bits per heavy atom. The molecule has 0 bridgehead atoms. The molecule has 1 aromatic carbocycles. The van der Waals surface area contributed by atoms with Gasteiger partial charge in [0.15, 0.2) is 5.03 Å². The summed E-state index contributed by atoms with van der Waals surface area (Å²) in [5, 5.41) is 3.83. The number of carbonyl (C=O) groups excluding carboxylic acids is 1. The molecule has 0 radical (unpaired) electrons. The summed E-state index contributed by atoms with van der Waals surface area (Å²) in [6, 6.07) is 7.86. The Labute approximate surface area is 200 Å². The van der Waals surface area contributed by atoms with Crippen LogP contribution in [0.25, 0.3) is 5.69 Å². The van der Waals surface area contributed by atoms with E-state index in [1.807, 2.05) is 0 Å². The first kappa shape index (κ1) is 24.9. The van der Waals surface area contributed by atoms with Crippen LogP contribution in [0.5, 0.6) is 0 Å². The zero-order valence-corrected chi connectivity index (χ0v) is 20.5. The topological polar surface area (TPSA) is 94.4 Å². The van der Waals surface area contributed by atoms with Crippen LogP contribution in [0.1, 0.15) is 26.5 Å². The molecule has 0 unspecified atom stereocenters. The van der Waals surface area contributed by atoms with Gasteiger partial charge in [0.05, 0.1) is 22.8 Å². The van der Waals surface area contributed by atoms with E-state index in [0.29, 0.717) is 0 Å². The number of ether oxygens (including phenoxy) is 1. The number of aromatic nitrogens is 3. The van der Waals surface area contributed by atoms with Gasteiger partial charge in [0.25, 0.3) is 0 Å². The van der Waals surface area contributed by atoms with E-state index in [1.165, 1.54) is 42.3 Å². The van der Waals surface area contributed by atoms with Crippen LogP contribution in [-0.2, 0) is 21.1 Å². The van der Waals surface area contributed by atoms with Crippen molar-refractivity contribution in [2.75, 3.05) is 7.05 Å². The number of carbonyl (C=O) groups is 1. The van der Waals surface area contributed by atoms with Gasteiger partial charge in [0.2, 0.25) is 9.84 Å². The molecule has 0 aliphatic carbocycles. The van der Waals surface area contributed by atoms with E-state index in [-0.39, 0.29) is 38.0 Å². The Morgan fingerprint density at radius 3 is 2.52 bits per heavy atom. The lowest BCUT2D eigenvalue weighted by atomic mass is 10.2. The van der Waals surface area contributed by atoms with Crippen molar-refractivity contribution in [1.82, 2.24) is 19.7 Å². The van der Waals surface area contributed by atoms with Crippen LogP contribution < -0.4 is 0 Å². The van der Waals surface area contributed by atoms with E-state index < -0.39 is 27.3 Å². The molecule has 3 rings (SSSR count). The predicted octanol–water partition coefficient (Wildman–Crippen LogP) is 4.91. The van der Waals surface area contributed by atoms with Crippen LogP contribution in [0.2, 0.25) is 10.2 Å². The molecular formula is C21H21Cl2FN4O4S. The largest absolute Gasteiger partial charge is 0.444 e. The maximum Gasteiger partial charge on any atom is 0.410 e. The van der Waals surface area contributed by atoms with Gasteiger partial charge in [-0.2, -0.15) is 5.10 Å². The average Bonchev–Trinajstić information content (AvgIpc) is 3.13. The number of rotatable bonds is 5. The van der Waals surface area contributed by atoms with E-state index in [2.05, 4.69) is 10.1 Å². The van der Waals surface area contributed by atoms with Gasteiger partial charge in [0, 0.05) is 19.3 Å². The lowest BCUT2D eigenvalue weighted by molar-refractivity contribution is 0.0283. The average molecular weight is 515 g/mol. The van der Waals surface area contributed by atoms with Crippen LogP contribution >= 0.6 is 23.2 Å². The third-order valence-electron chi connectivity index (χ3n) is 4.28. The highest BCUT2D eigenvalue weighted by Gasteiger charge is 2.28. The molecular weight excluding hydrogens is 494 g/mol. The maximum atomic E-state index is 14.1. The molecule has 0 N–H and O–H groups in total. The molecule has 8 nitrogen and oxygen atoms in total. The van der Waals surface area contributed by atoms with Crippen LogP contribution in [0.15, 0.2) is 52.5 Å². The lowest BCUT2D eigenvalue weighted by Gasteiger charge is -2.24. The summed E-state index contributed by atoms with van der Waals surface area (Å²) in [4.78, 5) is 17.2. The summed E-state index contributed by atoms with van der Waals surface area (Å²) in [5.74, 6) is -0.742. The molecule has 0 saturated carbocycles. The molecule has 176 valence electrons. The van der Waals surface area contributed by atoms with Crippen LogP contribution in [-0.4, -0.2) is 46.8 Å². The van der Waals surface area contributed by atoms with Gasteiger partial charge in [-0.25, -0.2) is 27.3 Å². The molecule has 0 fully saturated rings. The molecule has 2 heterocycles. The lowest BCUT2D eigenvalue weighted by Crippen LogP contribution is -2.33. The zero-order valence-electron chi connectivity index (χ0n) is 18.2. The number of sulfone groups is 1. The minimum atomic E-state index is -4.16. The van der Waals surface area contributed by atoms with Crippen molar-refractivity contribution in [3.63, 3.8) is 0 Å². The molecule has 0 spiro atoms. The molecule has 3 aromatic rings. The second-order valence-corrected chi connectivity index (χ2v) is 10.8. The number of hydrogen-bond acceptors (Lipinski definition) is 6. The fraction of sp³-hybridized carbons (Fsp3) is 0.286. The fourth-order valence-electron chi connectivity index (χ4n) is 2.80. The van der Waals surface area contributed by atoms with E-state index in [4.69, 9.17) is 27.9 Å². The van der Waals surface area contributed by atoms with E-state index in [1.54, 1.807) is 20.8 Å². The molecule has 0 aliphatic rings. The molecule has 0 aliphatic heterocycles. The van der Waals surface area contributed by atoms with Gasteiger partial charge < -0.3 is 9.64 Å². The quantitative estimate of drug-likeness (QED) is 0.448. The number of benzene rings is 1. The molecule has 0 saturated heterocycles. The minimum absolute atomic E-state index is 0.0170. The second kappa shape index (κ2) is 9.28. The SMILES string of the molecule is CN(Cc1cc(S(=O)(=O)c2ccc(Cl)nc2)n(-c2cccc(F)c2Cl)n1)C(=O)OC(C)(C)C. The third kappa shape index (κ3) is 5.63. The van der Waals surface area contributed by atoms with Gasteiger partial charge in [-0.05, 0) is 45.0 Å². The third-order valence-corrected chi connectivity index (χ3v) is 6.58. The summed E-state index contributed by atoms with van der Waals surface area (Å²) in [7, 11) is -2.68. The van der Waals surface area contributed by atoms with Crippen molar-refractivity contribution < 1.29 is 22.3 Å². The van der Waals surface area contributed by atoms with Gasteiger partial charge in [-0.1, -0.05) is 29.3 Å². The number of pyridine rings is 1. The Balaban J connectivity index is 2.10. The molecule has 2 aromatic heterocycles. The Bertz CT molecular complexity index is 1290. The Kier molecular flexibility index (Phi) is 7.01. The van der Waals surface area contributed by atoms with Crippen molar-refractivity contribution in [1.29, 1.82) is 0 Å². The summed E-state index contributed by atoms with van der Waals surface area (Å²) >= 11 is 11.9. The maximum absolute atomic E-state index is 14.1. The van der Waals surface area contributed by atoms with Gasteiger partial charge >= 0.3 is 6.09 Å². The van der Waals surface area contributed by atoms with Gasteiger partial charge in [0.1, 0.15) is 21.6 Å². The summed E-state index contributed by atoms with van der Waals surface area (Å²) in [6.07, 6.45) is 0.487. The van der Waals surface area contributed by atoms with Crippen LogP contribution in [0.3, 0.4) is 0 Å². The Morgan fingerprint density at radius 1 is 1.21 bits per heavy atom. The minimum Gasteiger partial charge on any atom is -0.444 e. The second-order valence-electron chi connectivity index (χ2n) is 8.12. The van der Waals surface area contributed by atoms with Crippen molar-refractivity contribution in [3.8, 4) is 5.69 Å². The van der Waals surface area contributed by atoms with E-state index in [9.17, 15) is 17.6 Å². The number of amides is 1. The standard InChI is InChI=1S/C21H21Cl2FN4O4S/c1-21(2,3)32-20(29)27(4)12-13-10-18(33(30,31)14-8-9-17(22)25-11-14)28(26-13)16-7-5-6-15(24)19(16)23/h5-11H,12H2,1-4H3. The first-order chi connectivity index (χ1) is 15.3. The van der Waals surface area contributed by atoms with Crippen LogP contribution in [0, 0.1) is 5.82 Å². The molecule has 33 heavy (non-hydrogen) atoms. The van der Waals surface area contributed by atoms with Crippen molar-refractivity contribution in [3.05, 3.63) is 64.3 Å². The summed E-state index contributed by atoms with van der Waals surface area (Å²) in [6.45, 7) is 5.11. The molecule has 12 heteroatoms. The highest BCUT2D eigenvalue weighted by atomic mass is 35.5. The fourth-order valence-corrected chi connectivity index (χ4v) is 4.45. The first-order valence-corrected chi connectivity index (χ1v) is 11.9. The number of hydrogen-bond donors (Lipinski definition) is 0. The first-order valence-electron chi connectivity index (χ1n) is 9.63. The number of nitrogens with zero attached hydrogens (tertiary/aromatic N) is 4. The van der Waals surface area contributed by atoms with Crippen molar-refractivity contribution >= 4 is 39.1 Å². The van der Waals surface area contributed by atoms with E-state index >= 15 is 0 Å². The van der Waals surface area contributed by atoms with Crippen molar-refractivity contribution in [2.45, 2.75) is 42.8 Å². The van der Waals surface area contributed by atoms with Crippen LogP contribution in [0.4, 0.5) is 9.18 Å². The summed E-state index contributed by atoms with van der Waals surface area (Å²) in [5.41, 5.74) is -0.483. The molecule has 1 amide bonds.